The average molecular weight is 1090 g/mol. The van der Waals surface area contributed by atoms with Crippen LogP contribution in [-0.2, 0) is 152 Å². The quantitative estimate of drug-likeness (QED) is 0.203. The van der Waals surface area contributed by atoms with Crippen molar-refractivity contribution in [2.75, 3.05) is 0 Å². The van der Waals surface area contributed by atoms with Crippen molar-refractivity contribution >= 4 is 91.0 Å². The smallest absolute Gasteiger partial charge is 2.00 e. The fourth-order valence-corrected chi connectivity index (χ4v) is 0. The van der Waals surface area contributed by atoms with Crippen molar-refractivity contribution in [1.82, 2.24) is 0 Å². The summed E-state index contributed by atoms with van der Waals surface area (Å²) >= 11 is -30.1. The van der Waals surface area contributed by atoms with Crippen molar-refractivity contribution in [2.24, 2.45) is 0 Å². The van der Waals surface area contributed by atoms with Crippen LogP contribution in [0.15, 0.2) is 0 Å². The monoisotopic (exact) mass is 1100 g/mol. The third kappa shape index (κ3) is 1250. The van der Waals surface area contributed by atoms with Gasteiger partial charge < -0.3 is 0 Å². The van der Waals surface area contributed by atoms with Gasteiger partial charge in [0, 0.05) is 0 Å². The van der Waals surface area contributed by atoms with E-state index in [0.717, 1.165) is 0 Å². The van der Waals surface area contributed by atoms with Crippen LogP contribution in [0, 0.1) is 0 Å². The molecule has 29 heteroatoms. The maximum atomic E-state index is 8.63. The summed E-state index contributed by atoms with van der Waals surface area (Å²) in [5.41, 5.74) is 0. The maximum Gasteiger partial charge on any atom is 2.00 e. The molecule has 0 spiro atoms. The molecule has 170 valence electrons. The first-order valence-electron chi connectivity index (χ1n) is 3.33. The van der Waals surface area contributed by atoms with Gasteiger partial charge in [-0.05, 0) is 0 Å². The molecule has 0 saturated heterocycles. The van der Waals surface area contributed by atoms with Crippen molar-refractivity contribution in [3.05, 3.63) is 0 Å². The van der Waals surface area contributed by atoms with Crippen molar-refractivity contribution < 1.29 is 189 Å². The van der Waals surface area contributed by atoms with Gasteiger partial charge in [0.05, 0.1) is 0 Å². The minimum absolute atomic E-state index is 0. The minimum Gasteiger partial charge on any atom is 2.00 e. The Kier molecular flexibility index (Phi) is 56.5. The molecule has 29 heavy (non-hydrogen) atoms. The van der Waals surface area contributed by atoms with E-state index in [1.807, 2.05) is 0 Å². The zero-order chi connectivity index (χ0) is 22.5. The van der Waals surface area contributed by atoms with Crippen LogP contribution in [0.4, 0.5) is 0 Å². The number of hydrogen-bond donors (Lipinski definition) is 0. The summed E-state index contributed by atoms with van der Waals surface area (Å²) in [6.45, 7) is 0. The van der Waals surface area contributed by atoms with Gasteiger partial charge in [0.25, 0.3) is 0 Å². The van der Waals surface area contributed by atoms with Crippen LogP contribution in [-0.4, -0.2) is 91.0 Å². The van der Waals surface area contributed by atoms with E-state index < -0.39 is 83.7 Å². The first kappa shape index (κ1) is 59.3. The molecule has 0 atom stereocenters. The van der Waals surface area contributed by atoms with Gasteiger partial charge in [-0.25, -0.2) is 0 Å². The Morgan fingerprint density at radius 3 is 0.276 bits per heavy atom. The summed E-state index contributed by atoms with van der Waals surface area (Å²) < 4.78 is 173. The normalized spacial score (nSPS) is 10.0. The second kappa shape index (κ2) is 27.6. The molecule has 0 aliphatic carbocycles. The summed E-state index contributed by atoms with van der Waals surface area (Å²) in [4.78, 5) is 0. The molecule has 0 aromatic carbocycles. The van der Waals surface area contributed by atoms with Crippen LogP contribution in [0.25, 0.3) is 0 Å². The Morgan fingerprint density at radius 2 is 0.276 bits per heavy atom. The topological polar surface area (TPSA) is 401 Å². The Hall–Kier alpha value is 5.04. The van der Waals surface area contributed by atoms with E-state index in [-0.39, 0.29) is 125 Å². The Morgan fingerprint density at radius 1 is 0.276 bits per heavy atom. The first-order chi connectivity index (χ1) is 10.0. The SMILES string of the molecule is [Fe+3].[Fe+3].[O]=[Mo](=[O])([O-])[O-].[O]=[Mo](=[O])([O-])[O-].[O]=[Mo](=[O])([O-])[O-].[O]=[Mo](=[O])([O-])[O-].[O]=[Mo](=[O])([O-])[O-].[Sr+2].[Sr+2]. The van der Waals surface area contributed by atoms with E-state index in [2.05, 4.69) is 0 Å². The van der Waals surface area contributed by atoms with E-state index in [1.165, 1.54) is 0 Å². The summed E-state index contributed by atoms with van der Waals surface area (Å²) in [7, 11) is 0. The molecule has 0 aromatic heterocycles. The molecule has 0 saturated carbocycles. The van der Waals surface area contributed by atoms with Crippen molar-refractivity contribution in [3.8, 4) is 0 Å². The molecule has 0 aliphatic heterocycles. The van der Waals surface area contributed by atoms with E-state index in [1.54, 1.807) is 0 Å². The fourth-order valence-electron chi connectivity index (χ4n) is 0. The number of hydrogen-bond acceptors (Lipinski definition) is 20. The van der Waals surface area contributed by atoms with Crippen molar-refractivity contribution in [1.29, 1.82) is 0 Å². The summed E-state index contributed by atoms with van der Waals surface area (Å²) in [6.07, 6.45) is 0. The minimum atomic E-state index is -6.02. The molecule has 0 heterocycles. The predicted octanol–water partition coefficient (Wildman–Crippen LogP) is -13.9. The van der Waals surface area contributed by atoms with Gasteiger partial charge in [0.2, 0.25) is 0 Å². The van der Waals surface area contributed by atoms with Crippen LogP contribution in [0.5, 0.6) is 0 Å². The zero-order valence-electron chi connectivity index (χ0n) is 12.3. The van der Waals surface area contributed by atoms with Gasteiger partial charge in [-0.2, -0.15) is 0 Å². The number of rotatable bonds is 0. The summed E-state index contributed by atoms with van der Waals surface area (Å²) in [5, 5.41) is 0. The Bertz CT molecular complexity index is 629. The maximum absolute atomic E-state index is 8.63. The molecule has 20 nitrogen and oxygen atoms in total. The molecule has 0 aromatic rings. The molecule has 0 amide bonds. The molecular weight excluding hydrogens is 1090 g/mol. The fraction of sp³-hybridized carbons (Fsp3) is 0. The molecule has 0 bridgehead atoms. The summed E-state index contributed by atoms with van der Waals surface area (Å²) in [5.74, 6) is 0. The molecule has 0 unspecified atom stereocenters. The zero-order valence-corrected chi connectivity index (χ0v) is 31.5. The third-order valence-corrected chi connectivity index (χ3v) is 0. The molecular formula is Fe2Mo5O20Sr2. The van der Waals surface area contributed by atoms with Gasteiger partial charge in [-0.3, -0.25) is 0 Å². The van der Waals surface area contributed by atoms with Crippen molar-refractivity contribution in [3.63, 3.8) is 0 Å². The van der Waals surface area contributed by atoms with Gasteiger partial charge in [-0.15, -0.1) is 0 Å². The van der Waals surface area contributed by atoms with Crippen molar-refractivity contribution in [2.45, 2.75) is 0 Å². The largest absolute Gasteiger partial charge is 2.00 e. The van der Waals surface area contributed by atoms with Gasteiger partial charge in [0.15, 0.2) is 0 Å². The molecule has 0 rings (SSSR count). The Labute approximate surface area is 273 Å². The van der Waals surface area contributed by atoms with Crippen LogP contribution in [0.2, 0.25) is 0 Å². The van der Waals surface area contributed by atoms with E-state index in [4.69, 9.17) is 71.6 Å². The third-order valence-electron chi connectivity index (χ3n) is 0. The van der Waals surface area contributed by atoms with Gasteiger partial charge in [0.1, 0.15) is 0 Å². The molecule has 0 aliphatic rings. The second-order valence-electron chi connectivity index (χ2n) is 2.04. The average Bonchev–Trinajstić information content (AvgIpc) is 1.79. The van der Waals surface area contributed by atoms with Gasteiger partial charge >= 0.3 is 280 Å². The molecule has 0 fully saturated rings. The van der Waals surface area contributed by atoms with Crippen LogP contribution >= 0.6 is 0 Å². The molecule has 0 N–H and O–H groups in total. The summed E-state index contributed by atoms with van der Waals surface area (Å²) in [6, 6.07) is 0. The van der Waals surface area contributed by atoms with Crippen LogP contribution in [0.1, 0.15) is 0 Å². The second-order valence-corrected chi connectivity index (χ2v) is 12.1. The predicted molar refractivity (Wildman–Crippen MR) is 18.4 cm³/mol. The Balaban J connectivity index is -0.0000000238. The molecule has 2 radical (unpaired) electrons. The van der Waals surface area contributed by atoms with Gasteiger partial charge in [-0.1, -0.05) is 0 Å². The van der Waals surface area contributed by atoms with E-state index >= 15 is 0 Å². The first-order valence-corrected chi connectivity index (χ1v) is 19.7. The van der Waals surface area contributed by atoms with Crippen LogP contribution < -0.4 is 37.6 Å². The van der Waals surface area contributed by atoms with E-state index in [9.17, 15) is 0 Å². The van der Waals surface area contributed by atoms with Crippen LogP contribution in [0.3, 0.4) is 0 Å². The van der Waals surface area contributed by atoms with E-state index in [0.29, 0.717) is 0 Å². The standard InChI is InChI=1S/2Fe.5Mo.20O.2Sr/q2*+3;;;;;;;;;;;;;;;;10*-1;2*+2.